The molecular formula is C13H17N3O2. The molecule has 0 bridgehead atoms. The van der Waals surface area contributed by atoms with Gasteiger partial charge in [-0.15, -0.1) is 0 Å². The second-order valence-corrected chi connectivity index (χ2v) is 4.22. The Morgan fingerprint density at radius 2 is 2.39 bits per heavy atom. The summed E-state index contributed by atoms with van der Waals surface area (Å²) in [7, 11) is 3.24. The summed E-state index contributed by atoms with van der Waals surface area (Å²) < 4.78 is 4.71. The maximum atomic E-state index is 11.6. The highest BCUT2D eigenvalue weighted by molar-refractivity contribution is 5.90. The van der Waals surface area contributed by atoms with Gasteiger partial charge in [-0.25, -0.2) is 4.79 Å². The number of esters is 1. The van der Waals surface area contributed by atoms with Gasteiger partial charge in [0.25, 0.3) is 0 Å². The van der Waals surface area contributed by atoms with Crippen molar-refractivity contribution in [2.75, 3.05) is 20.7 Å². The van der Waals surface area contributed by atoms with Crippen molar-refractivity contribution in [2.24, 2.45) is 5.92 Å². The number of carbonyl (C=O) groups is 1. The predicted octanol–water partition coefficient (Wildman–Crippen LogP) is 1.46. The van der Waals surface area contributed by atoms with Crippen LogP contribution >= 0.6 is 0 Å². The van der Waals surface area contributed by atoms with Crippen LogP contribution in [-0.2, 0) is 11.3 Å². The molecule has 0 radical (unpaired) electrons. The van der Waals surface area contributed by atoms with E-state index in [9.17, 15) is 4.79 Å². The van der Waals surface area contributed by atoms with Gasteiger partial charge in [-0.05, 0) is 26.1 Å². The first-order valence-electron chi connectivity index (χ1n) is 5.68. The minimum absolute atomic E-state index is 0.0553. The maximum Gasteiger partial charge on any atom is 0.339 e. The summed E-state index contributed by atoms with van der Waals surface area (Å²) in [5.41, 5.74) is 1.13. The number of nitrogens with zero attached hydrogens (tertiary/aromatic N) is 3. The van der Waals surface area contributed by atoms with Crippen LogP contribution in [-0.4, -0.2) is 36.6 Å². The summed E-state index contributed by atoms with van der Waals surface area (Å²) in [6.45, 7) is 3.00. The molecule has 0 N–H and O–H groups in total. The molecule has 0 amide bonds. The van der Waals surface area contributed by atoms with Gasteiger partial charge >= 0.3 is 5.97 Å². The Balaban J connectivity index is 2.78. The quantitative estimate of drug-likeness (QED) is 0.737. The van der Waals surface area contributed by atoms with Crippen LogP contribution in [0.25, 0.3) is 0 Å². The zero-order valence-electron chi connectivity index (χ0n) is 10.9. The Bertz CT molecular complexity index is 454. The molecule has 1 heterocycles. The van der Waals surface area contributed by atoms with Crippen LogP contribution in [0.4, 0.5) is 0 Å². The van der Waals surface area contributed by atoms with Crippen molar-refractivity contribution < 1.29 is 9.53 Å². The third-order valence-corrected chi connectivity index (χ3v) is 2.52. The predicted molar refractivity (Wildman–Crippen MR) is 66.7 cm³/mol. The van der Waals surface area contributed by atoms with E-state index < -0.39 is 0 Å². The summed E-state index contributed by atoms with van der Waals surface area (Å²) in [4.78, 5) is 17.7. The molecule has 0 fully saturated rings. The van der Waals surface area contributed by atoms with E-state index in [0.29, 0.717) is 24.3 Å². The third-order valence-electron chi connectivity index (χ3n) is 2.52. The number of ether oxygens (including phenoxy) is 1. The van der Waals surface area contributed by atoms with Gasteiger partial charge < -0.3 is 4.74 Å². The summed E-state index contributed by atoms with van der Waals surface area (Å²) in [6, 6.07) is 5.57. The molecule has 0 saturated heterocycles. The maximum absolute atomic E-state index is 11.6. The minimum Gasteiger partial charge on any atom is -0.465 e. The Kier molecular flexibility index (Phi) is 5.28. The lowest BCUT2D eigenvalue weighted by molar-refractivity contribution is 0.0597. The van der Waals surface area contributed by atoms with Gasteiger partial charge in [0.15, 0.2) is 0 Å². The number of methoxy groups -OCH3 is 1. The number of aromatic nitrogens is 1. The normalized spacial score (nSPS) is 11.9. The summed E-state index contributed by atoms with van der Waals surface area (Å²) in [5.74, 6) is -0.444. The molecular weight excluding hydrogens is 230 g/mol. The van der Waals surface area contributed by atoms with E-state index in [4.69, 9.17) is 10.00 Å². The fourth-order valence-corrected chi connectivity index (χ4v) is 1.69. The Hall–Kier alpha value is -1.93. The monoisotopic (exact) mass is 247 g/mol. The van der Waals surface area contributed by atoms with E-state index >= 15 is 0 Å². The summed E-state index contributed by atoms with van der Waals surface area (Å²) in [6.07, 6.45) is 1.64. The second-order valence-electron chi connectivity index (χ2n) is 4.22. The zero-order chi connectivity index (χ0) is 13.5. The highest BCUT2D eigenvalue weighted by Crippen LogP contribution is 2.10. The average molecular weight is 247 g/mol. The first-order chi connectivity index (χ1) is 8.58. The highest BCUT2D eigenvalue weighted by Gasteiger charge is 2.14. The number of hydrogen-bond donors (Lipinski definition) is 0. The van der Waals surface area contributed by atoms with Gasteiger partial charge in [-0.1, -0.05) is 0 Å². The molecule has 5 nitrogen and oxygen atoms in total. The van der Waals surface area contributed by atoms with Crippen LogP contribution in [0.2, 0.25) is 0 Å². The molecule has 0 spiro atoms. The Morgan fingerprint density at radius 3 is 3.00 bits per heavy atom. The van der Waals surface area contributed by atoms with Crippen molar-refractivity contribution in [1.82, 2.24) is 9.88 Å². The average Bonchev–Trinajstić information content (AvgIpc) is 2.38. The molecule has 0 aliphatic carbocycles. The van der Waals surface area contributed by atoms with E-state index in [1.54, 1.807) is 18.3 Å². The third kappa shape index (κ3) is 3.82. The van der Waals surface area contributed by atoms with Crippen molar-refractivity contribution >= 4 is 5.97 Å². The largest absolute Gasteiger partial charge is 0.465 e. The molecule has 96 valence electrons. The van der Waals surface area contributed by atoms with Crippen molar-refractivity contribution in [3.05, 3.63) is 29.6 Å². The van der Waals surface area contributed by atoms with Crippen molar-refractivity contribution in [3.63, 3.8) is 0 Å². The van der Waals surface area contributed by atoms with Crippen LogP contribution < -0.4 is 0 Å². The number of pyridine rings is 1. The van der Waals surface area contributed by atoms with E-state index in [1.165, 1.54) is 7.11 Å². The first kappa shape index (κ1) is 14.1. The van der Waals surface area contributed by atoms with Gasteiger partial charge in [0.05, 0.1) is 30.4 Å². The topological polar surface area (TPSA) is 66.2 Å². The second kappa shape index (κ2) is 6.72. The highest BCUT2D eigenvalue weighted by atomic mass is 16.5. The van der Waals surface area contributed by atoms with Crippen LogP contribution in [0.15, 0.2) is 18.3 Å². The van der Waals surface area contributed by atoms with Gasteiger partial charge in [-0.2, -0.15) is 5.26 Å². The van der Waals surface area contributed by atoms with E-state index in [2.05, 4.69) is 11.1 Å². The fourth-order valence-electron chi connectivity index (χ4n) is 1.69. The number of hydrogen-bond acceptors (Lipinski definition) is 5. The molecule has 1 atom stereocenters. The Morgan fingerprint density at radius 1 is 1.67 bits per heavy atom. The van der Waals surface area contributed by atoms with Gasteiger partial charge in [0.2, 0.25) is 0 Å². The summed E-state index contributed by atoms with van der Waals surface area (Å²) >= 11 is 0. The number of carbonyl (C=O) groups excluding carboxylic acids is 1. The van der Waals surface area contributed by atoms with E-state index in [1.807, 2.05) is 18.9 Å². The molecule has 18 heavy (non-hydrogen) atoms. The van der Waals surface area contributed by atoms with Gasteiger partial charge in [0, 0.05) is 19.3 Å². The van der Waals surface area contributed by atoms with Crippen molar-refractivity contribution in [1.29, 1.82) is 5.26 Å². The molecule has 1 unspecified atom stereocenters. The molecule has 0 aliphatic rings. The van der Waals surface area contributed by atoms with E-state index in [-0.39, 0.29) is 11.9 Å². The number of nitriles is 1. The molecule has 5 heteroatoms. The first-order valence-corrected chi connectivity index (χ1v) is 5.68. The lowest BCUT2D eigenvalue weighted by Gasteiger charge is -2.18. The zero-order valence-corrected chi connectivity index (χ0v) is 10.9. The molecule has 0 saturated carbocycles. The lowest BCUT2D eigenvalue weighted by atomic mass is 10.1. The Labute approximate surface area is 107 Å². The van der Waals surface area contributed by atoms with Crippen LogP contribution in [0, 0.1) is 17.2 Å². The van der Waals surface area contributed by atoms with Crippen LogP contribution in [0.5, 0.6) is 0 Å². The molecule has 1 rings (SSSR count). The minimum atomic E-state index is -0.389. The summed E-state index contributed by atoms with van der Waals surface area (Å²) in [5, 5.41) is 8.76. The van der Waals surface area contributed by atoms with Crippen LogP contribution in [0.1, 0.15) is 23.0 Å². The molecule has 1 aromatic rings. The smallest absolute Gasteiger partial charge is 0.339 e. The SMILES string of the molecule is COC(=O)c1cccnc1CN(C)CC(C)C#N. The lowest BCUT2D eigenvalue weighted by Crippen LogP contribution is -2.25. The van der Waals surface area contributed by atoms with Gasteiger partial charge in [-0.3, -0.25) is 9.88 Å². The number of rotatable bonds is 5. The molecule has 0 aromatic carbocycles. The van der Waals surface area contributed by atoms with E-state index in [0.717, 1.165) is 0 Å². The van der Waals surface area contributed by atoms with Crippen molar-refractivity contribution in [2.45, 2.75) is 13.5 Å². The van der Waals surface area contributed by atoms with Crippen molar-refractivity contribution in [3.8, 4) is 6.07 Å². The fraction of sp³-hybridized carbons (Fsp3) is 0.462. The van der Waals surface area contributed by atoms with Crippen LogP contribution in [0.3, 0.4) is 0 Å². The molecule has 0 aliphatic heterocycles. The standard InChI is InChI=1S/C13H17N3O2/c1-10(7-14)8-16(2)9-12-11(13(17)18-3)5-4-6-15-12/h4-6,10H,8-9H2,1-3H3. The van der Waals surface area contributed by atoms with Gasteiger partial charge in [0.1, 0.15) is 0 Å². The molecule has 1 aromatic heterocycles.